The second kappa shape index (κ2) is 4.96. The molecule has 0 saturated heterocycles. The summed E-state index contributed by atoms with van der Waals surface area (Å²) >= 11 is 0. The summed E-state index contributed by atoms with van der Waals surface area (Å²) in [4.78, 5) is 26.2. The normalized spacial score (nSPS) is 11.9. The molecule has 0 atom stereocenters. The van der Waals surface area contributed by atoms with Crippen molar-refractivity contribution in [3.8, 4) is 0 Å². The summed E-state index contributed by atoms with van der Waals surface area (Å²) < 4.78 is 21.4. The maximum Gasteiger partial charge on any atom is 0.354 e. The fourth-order valence-electron chi connectivity index (χ4n) is 1.08. The van der Waals surface area contributed by atoms with E-state index < -0.39 is 26.5 Å². The van der Waals surface area contributed by atoms with Gasteiger partial charge in [-0.05, 0) is 26.0 Å². The third-order valence-corrected chi connectivity index (χ3v) is 4.75. The maximum absolute atomic E-state index is 11.9. The number of aromatic carboxylic acids is 1. The molecule has 0 radical (unpaired) electrons. The number of carboxylic acid groups (broad SMARTS) is 1. The summed E-state index contributed by atoms with van der Waals surface area (Å²) in [6, 6.07) is 2.53. The van der Waals surface area contributed by atoms with Gasteiger partial charge in [0.15, 0.2) is 9.84 Å². The fraction of sp³-hybridized carbons (Fsp3) is 0.364. The molecule has 1 amide bonds. The van der Waals surface area contributed by atoms with Crippen LogP contribution in [0.25, 0.3) is 0 Å². The van der Waals surface area contributed by atoms with E-state index in [9.17, 15) is 18.0 Å². The van der Waals surface area contributed by atoms with Crippen molar-refractivity contribution in [2.24, 2.45) is 0 Å². The molecule has 0 fully saturated rings. The molecule has 0 aliphatic heterocycles. The van der Waals surface area contributed by atoms with E-state index in [2.05, 4.69) is 10.3 Å². The van der Waals surface area contributed by atoms with Crippen LogP contribution in [0.5, 0.6) is 0 Å². The van der Waals surface area contributed by atoms with E-state index in [-0.39, 0.29) is 11.4 Å². The van der Waals surface area contributed by atoms with Crippen LogP contribution in [-0.2, 0) is 14.6 Å². The Balaban J connectivity index is 3.01. The Bertz CT molecular complexity index is 622. The fourth-order valence-corrected chi connectivity index (χ4v) is 1.46. The first-order valence-electron chi connectivity index (χ1n) is 5.26. The lowest BCUT2D eigenvalue weighted by atomic mass is 10.2. The molecule has 0 spiro atoms. The molecule has 0 bridgehead atoms. The van der Waals surface area contributed by atoms with E-state index in [0.717, 1.165) is 12.3 Å². The van der Waals surface area contributed by atoms with Crippen LogP contribution in [0.3, 0.4) is 0 Å². The molecule has 19 heavy (non-hydrogen) atoms. The Kier molecular flexibility index (Phi) is 3.94. The Morgan fingerprint density at radius 3 is 2.42 bits per heavy atom. The minimum Gasteiger partial charge on any atom is -0.477 e. The first-order valence-corrected chi connectivity index (χ1v) is 7.15. The number of carboxylic acids is 1. The van der Waals surface area contributed by atoms with Gasteiger partial charge in [0.2, 0.25) is 5.91 Å². The number of nitrogens with one attached hydrogen (secondary N) is 1. The number of sulfone groups is 1. The number of carbonyl (C=O) groups is 2. The van der Waals surface area contributed by atoms with Crippen molar-refractivity contribution in [2.45, 2.75) is 18.6 Å². The average molecular weight is 286 g/mol. The predicted octanol–water partition coefficient (Wildman–Crippen LogP) is 0.542. The van der Waals surface area contributed by atoms with Gasteiger partial charge in [-0.25, -0.2) is 18.2 Å². The van der Waals surface area contributed by atoms with Crippen LogP contribution < -0.4 is 5.32 Å². The zero-order chi connectivity index (χ0) is 14.8. The Morgan fingerprint density at radius 2 is 1.95 bits per heavy atom. The van der Waals surface area contributed by atoms with E-state index in [1.54, 1.807) is 0 Å². The van der Waals surface area contributed by atoms with Gasteiger partial charge in [-0.2, -0.15) is 0 Å². The quantitative estimate of drug-likeness (QED) is 0.835. The molecular formula is C11H14N2O5S. The summed E-state index contributed by atoms with van der Waals surface area (Å²) in [7, 11) is -3.59. The van der Waals surface area contributed by atoms with Crippen LogP contribution in [0, 0.1) is 0 Å². The molecule has 7 nitrogen and oxygen atoms in total. The zero-order valence-corrected chi connectivity index (χ0v) is 11.5. The van der Waals surface area contributed by atoms with Crippen molar-refractivity contribution in [2.75, 3.05) is 11.6 Å². The SMILES string of the molecule is CC(C)(C(=O)Nc1ccnc(C(=O)O)c1)S(C)(=O)=O. The second-order valence-corrected chi connectivity index (χ2v) is 7.04. The highest BCUT2D eigenvalue weighted by atomic mass is 32.2. The number of pyridine rings is 1. The third-order valence-electron chi connectivity index (χ3n) is 2.71. The molecule has 1 aromatic rings. The molecule has 0 aromatic carbocycles. The first kappa shape index (κ1) is 15.1. The van der Waals surface area contributed by atoms with Crippen molar-refractivity contribution in [1.82, 2.24) is 4.98 Å². The standard InChI is InChI=1S/C11H14N2O5S/c1-11(2,19(3,17)18)10(16)13-7-4-5-12-8(6-7)9(14)15/h4-6H,1-3H3,(H,14,15)(H,12,13,16). The van der Waals surface area contributed by atoms with Crippen LogP contribution in [0.2, 0.25) is 0 Å². The summed E-state index contributed by atoms with van der Waals surface area (Å²) in [6.45, 7) is 2.55. The summed E-state index contributed by atoms with van der Waals surface area (Å²) in [5, 5.41) is 11.1. The van der Waals surface area contributed by atoms with Gasteiger partial charge in [-0.15, -0.1) is 0 Å². The molecule has 1 heterocycles. The Hall–Kier alpha value is -1.96. The van der Waals surface area contributed by atoms with Gasteiger partial charge in [-0.3, -0.25) is 4.79 Å². The van der Waals surface area contributed by atoms with Crippen molar-refractivity contribution >= 4 is 27.4 Å². The smallest absolute Gasteiger partial charge is 0.354 e. The van der Waals surface area contributed by atoms with E-state index >= 15 is 0 Å². The van der Waals surface area contributed by atoms with E-state index in [4.69, 9.17) is 5.11 Å². The van der Waals surface area contributed by atoms with Crippen molar-refractivity contribution < 1.29 is 23.1 Å². The topological polar surface area (TPSA) is 113 Å². The number of aromatic nitrogens is 1. The van der Waals surface area contributed by atoms with Crippen LogP contribution in [0.4, 0.5) is 5.69 Å². The largest absolute Gasteiger partial charge is 0.477 e. The van der Waals surface area contributed by atoms with Gasteiger partial charge in [0.25, 0.3) is 0 Å². The lowest BCUT2D eigenvalue weighted by Crippen LogP contribution is -2.43. The van der Waals surface area contributed by atoms with Gasteiger partial charge in [-0.1, -0.05) is 0 Å². The number of rotatable bonds is 4. The average Bonchev–Trinajstić information content (AvgIpc) is 2.27. The van der Waals surface area contributed by atoms with Gasteiger partial charge < -0.3 is 10.4 Å². The van der Waals surface area contributed by atoms with Crippen molar-refractivity contribution in [3.05, 3.63) is 24.0 Å². The minimum absolute atomic E-state index is 0.175. The Morgan fingerprint density at radius 1 is 1.37 bits per heavy atom. The molecule has 2 N–H and O–H groups in total. The molecule has 0 saturated carbocycles. The highest BCUT2D eigenvalue weighted by Gasteiger charge is 2.38. The van der Waals surface area contributed by atoms with E-state index in [1.807, 2.05) is 0 Å². The minimum atomic E-state index is -3.59. The van der Waals surface area contributed by atoms with Gasteiger partial charge in [0, 0.05) is 18.1 Å². The molecule has 104 valence electrons. The van der Waals surface area contributed by atoms with E-state index in [1.165, 1.54) is 26.1 Å². The third kappa shape index (κ3) is 3.28. The predicted molar refractivity (Wildman–Crippen MR) is 68.7 cm³/mol. The summed E-state index contributed by atoms with van der Waals surface area (Å²) in [6.07, 6.45) is 2.17. The summed E-state index contributed by atoms with van der Waals surface area (Å²) in [5.74, 6) is -1.98. The van der Waals surface area contributed by atoms with Crippen LogP contribution >= 0.6 is 0 Å². The van der Waals surface area contributed by atoms with Crippen LogP contribution in [0.15, 0.2) is 18.3 Å². The maximum atomic E-state index is 11.9. The van der Waals surface area contributed by atoms with Gasteiger partial charge in [0.1, 0.15) is 10.4 Å². The number of nitrogens with zero attached hydrogens (tertiary/aromatic N) is 1. The molecule has 0 aliphatic carbocycles. The molecule has 8 heteroatoms. The molecule has 1 rings (SSSR count). The monoisotopic (exact) mass is 286 g/mol. The highest BCUT2D eigenvalue weighted by Crippen LogP contribution is 2.18. The van der Waals surface area contributed by atoms with Crippen LogP contribution in [0.1, 0.15) is 24.3 Å². The lowest BCUT2D eigenvalue weighted by molar-refractivity contribution is -0.117. The zero-order valence-electron chi connectivity index (χ0n) is 10.7. The number of hydrogen-bond acceptors (Lipinski definition) is 5. The lowest BCUT2D eigenvalue weighted by Gasteiger charge is -2.21. The summed E-state index contributed by atoms with van der Waals surface area (Å²) in [5.41, 5.74) is -0.0657. The first-order chi connectivity index (χ1) is 8.55. The van der Waals surface area contributed by atoms with E-state index in [0.29, 0.717) is 0 Å². The number of hydrogen-bond donors (Lipinski definition) is 2. The number of carbonyl (C=O) groups excluding carboxylic acids is 1. The Labute approximate surface area is 110 Å². The molecule has 0 aliphatic rings. The van der Waals surface area contributed by atoms with Crippen LogP contribution in [-0.4, -0.2) is 41.4 Å². The number of amides is 1. The number of anilines is 1. The van der Waals surface area contributed by atoms with Crippen molar-refractivity contribution in [3.63, 3.8) is 0 Å². The second-order valence-electron chi connectivity index (χ2n) is 4.47. The molecular weight excluding hydrogens is 272 g/mol. The van der Waals surface area contributed by atoms with Gasteiger partial charge in [0.05, 0.1) is 0 Å². The van der Waals surface area contributed by atoms with Gasteiger partial charge >= 0.3 is 5.97 Å². The van der Waals surface area contributed by atoms with Crippen molar-refractivity contribution in [1.29, 1.82) is 0 Å². The molecule has 1 aromatic heterocycles. The molecule has 0 unspecified atom stereocenters. The highest BCUT2D eigenvalue weighted by molar-refractivity contribution is 7.92.